The Labute approximate surface area is 160 Å². The van der Waals surface area contributed by atoms with Gasteiger partial charge in [0, 0.05) is 16.0 Å². The quantitative estimate of drug-likeness (QED) is 0.673. The van der Waals surface area contributed by atoms with Gasteiger partial charge in [-0.1, -0.05) is 24.3 Å². The number of carbonyl (C=O) groups excluding carboxylic acids is 2. The molecule has 0 aliphatic carbocycles. The van der Waals surface area contributed by atoms with Crippen molar-refractivity contribution in [2.45, 2.75) is 13.5 Å². The molecule has 0 unspecified atom stereocenters. The van der Waals surface area contributed by atoms with Crippen LogP contribution >= 0.6 is 11.3 Å². The Hall–Kier alpha value is -3.12. The van der Waals surface area contributed by atoms with E-state index in [0.29, 0.717) is 22.7 Å². The summed E-state index contributed by atoms with van der Waals surface area (Å²) >= 11 is 1.43. The van der Waals surface area contributed by atoms with E-state index in [2.05, 4.69) is 5.32 Å². The highest BCUT2D eigenvalue weighted by Gasteiger charge is 2.24. The summed E-state index contributed by atoms with van der Waals surface area (Å²) in [5.41, 5.74) is 3.89. The number of rotatable bonds is 3. The highest BCUT2D eigenvalue weighted by atomic mass is 32.1. The van der Waals surface area contributed by atoms with E-state index in [1.165, 1.54) is 18.4 Å². The highest BCUT2D eigenvalue weighted by molar-refractivity contribution is 7.17. The van der Waals surface area contributed by atoms with E-state index in [4.69, 9.17) is 9.47 Å². The summed E-state index contributed by atoms with van der Waals surface area (Å²) in [5, 5.41) is 2.82. The minimum atomic E-state index is -0.491. The second kappa shape index (κ2) is 6.89. The van der Waals surface area contributed by atoms with Crippen molar-refractivity contribution in [3.05, 3.63) is 70.1 Å². The summed E-state index contributed by atoms with van der Waals surface area (Å²) in [6.45, 7) is 2.47. The SMILES string of the molecule is COC(=O)c1ccccc1NC(=O)c1cc2c(s1)-c1c(C)cccc1OC2. The third-order valence-corrected chi connectivity index (χ3v) is 5.65. The lowest BCUT2D eigenvalue weighted by Crippen LogP contribution is -2.14. The van der Waals surface area contributed by atoms with Crippen molar-refractivity contribution in [1.29, 1.82) is 0 Å². The van der Waals surface area contributed by atoms with Crippen LogP contribution in [0.3, 0.4) is 0 Å². The van der Waals surface area contributed by atoms with Gasteiger partial charge in [0.1, 0.15) is 12.4 Å². The fourth-order valence-electron chi connectivity index (χ4n) is 3.13. The molecule has 1 N–H and O–H groups in total. The van der Waals surface area contributed by atoms with E-state index in [-0.39, 0.29) is 5.91 Å². The zero-order valence-corrected chi connectivity index (χ0v) is 15.7. The molecule has 1 aliphatic heterocycles. The number of carbonyl (C=O) groups is 2. The first-order valence-electron chi connectivity index (χ1n) is 8.42. The van der Waals surface area contributed by atoms with E-state index in [1.54, 1.807) is 24.3 Å². The molecule has 1 aliphatic rings. The Morgan fingerprint density at radius 3 is 2.78 bits per heavy atom. The van der Waals surface area contributed by atoms with Crippen molar-refractivity contribution < 1.29 is 19.1 Å². The van der Waals surface area contributed by atoms with Gasteiger partial charge in [-0.3, -0.25) is 4.79 Å². The minimum Gasteiger partial charge on any atom is -0.488 e. The van der Waals surface area contributed by atoms with Gasteiger partial charge >= 0.3 is 5.97 Å². The number of methoxy groups -OCH3 is 1. The standard InChI is InChI=1S/C21H17NO4S/c1-12-6-5-9-16-18(12)19-13(11-26-16)10-17(27-19)20(23)22-15-8-4-3-7-14(15)21(24)25-2/h3-10H,11H2,1-2H3,(H,22,23). The minimum absolute atomic E-state index is 0.263. The molecule has 1 aromatic heterocycles. The second-order valence-electron chi connectivity index (χ2n) is 6.19. The van der Waals surface area contributed by atoms with Crippen LogP contribution in [0.5, 0.6) is 5.75 Å². The number of hydrogen-bond donors (Lipinski definition) is 1. The molecule has 0 saturated heterocycles. The van der Waals surface area contributed by atoms with Gasteiger partial charge in [0.2, 0.25) is 0 Å². The first-order chi connectivity index (χ1) is 13.1. The molecule has 1 amide bonds. The molecular formula is C21H17NO4S. The molecule has 4 rings (SSSR count). The summed E-state index contributed by atoms with van der Waals surface area (Å²) in [5.74, 6) is 0.0857. The normalized spacial score (nSPS) is 11.8. The summed E-state index contributed by atoms with van der Waals surface area (Å²) in [4.78, 5) is 26.3. The van der Waals surface area contributed by atoms with E-state index < -0.39 is 5.97 Å². The zero-order valence-electron chi connectivity index (χ0n) is 14.9. The van der Waals surface area contributed by atoms with Crippen LogP contribution in [-0.4, -0.2) is 19.0 Å². The maximum absolute atomic E-state index is 12.8. The molecule has 2 heterocycles. The van der Waals surface area contributed by atoms with Gasteiger partial charge in [0.15, 0.2) is 0 Å². The Morgan fingerprint density at radius 2 is 1.96 bits per heavy atom. The van der Waals surface area contributed by atoms with Gasteiger partial charge in [-0.25, -0.2) is 4.79 Å². The van der Waals surface area contributed by atoms with E-state index >= 15 is 0 Å². The Kier molecular flexibility index (Phi) is 4.41. The maximum atomic E-state index is 12.8. The maximum Gasteiger partial charge on any atom is 0.339 e. The number of benzene rings is 2. The van der Waals surface area contributed by atoms with E-state index in [9.17, 15) is 9.59 Å². The number of ether oxygens (including phenoxy) is 2. The summed E-state index contributed by atoms with van der Waals surface area (Å²) < 4.78 is 10.6. The molecule has 0 saturated carbocycles. The number of thiophene rings is 1. The molecule has 0 radical (unpaired) electrons. The molecule has 0 atom stereocenters. The lowest BCUT2D eigenvalue weighted by atomic mass is 10.0. The summed E-state index contributed by atoms with van der Waals surface area (Å²) in [6, 6.07) is 14.6. The lowest BCUT2D eigenvalue weighted by molar-refractivity contribution is 0.0602. The molecule has 3 aromatic rings. The van der Waals surface area contributed by atoms with Crippen LogP contribution < -0.4 is 10.1 Å². The first-order valence-corrected chi connectivity index (χ1v) is 9.24. The van der Waals surface area contributed by atoms with Crippen LogP contribution in [0.1, 0.15) is 31.2 Å². The number of para-hydroxylation sites is 1. The predicted molar refractivity (Wildman–Crippen MR) is 105 cm³/mol. The molecule has 6 heteroatoms. The highest BCUT2D eigenvalue weighted by Crippen LogP contribution is 2.44. The molecule has 0 bridgehead atoms. The van der Waals surface area contributed by atoms with E-state index in [1.807, 2.05) is 31.2 Å². The molecule has 136 valence electrons. The molecule has 5 nitrogen and oxygen atoms in total. The predicted octanol–water partition coefficient (Wildman–Crippen LogP) is 4.65. The number of aryl methyl sites for hydroxylation is 1. The van der Waals surface area contributed by atoms with Crippen molar-refractivity contribution in [2.24, 2.45) is 0 Å². The largest absolute Gasteiger partial charge is 0.488 e. The van der Waals surface area contributed by atoms with Crippen molar-refractivity contribution in [3.63, 3.8) is 0 Å². The van der Waals surface area contributed by atoms with Crippen LogP contribution in [-0.2, 0) is 11.3 Å². The Bertz CT molecular complexity index is 1050. The Balaban J connectivity index is 1.67. The van der Waals surface area contributed by atoms with E-state index in [0.717, 1.165) is 27.3 Å². The van der Waals surface area contributed by atoms with Gasteiger partial charge in [0.25, 0.3) is 5.91 Å². The second-order valence-corrected chi connectivity index (χ2v) is 7.25. The summed E-state index contributed by atoms with van der Waals surface area (Å²) in [6.07, 6.45) is 0. The van der Waals surface area contributed by atoms with Crippen molar-refractivity contribution in [1.82, 2.24) is 0 Å². The Morgan fingerprint density at radius 1 is 1.15 bits per heavy atom. The van der Waals surface area contributed by atoms with Gasteiger partial charge in [-0.2, -0.15) is 0 Å². The van der Waals surface area contributed by atoms with Gasteiger partial charge in [-0.05, 0) is 36.8 Å². The summed E-state index contributed by atoms with van der Waals surface area (Å²) in [7, 11) is 1.31. The van der Waals surface area contributed by atoms with Crippen molar-refractivity contribution >= 4 is 28.9 Å². The van der Waals surface area contributed by atoms with Crippen LogP contribution in [0.15, 0.2) is 48.5 Å². The number of amides is 1. The van der Waals surface area contributed by atoms with Crippen molar-refractivity contribution in [3.8, 4) is 16.2 Å². The third kappa shape index (κ3) is 3.08. The fraction of sp³-hybridized carbons (Fsp3) is 0.143. The average Bonchev–Trinajstić information content (AvgIpc) is 3.12. The number of nitrogens with one attached hydrogen (secondary N) is 1. The number of anilines is 1. The van der Waals surface area contributed by atoms with Crippen LogP contribution in [0.25, 0.3) is 10.4 Å². The zero-order chi connectivity index (χ0) is 19.0. The molecular weight excluding hydrogens is 362 g/mol. The third-order valence-electron chi connectivity index (χ3n) is 4.46. The molecule has 0 fully saturated rings. The van der Waals surface area contributed by atoms with Gasteiger partial charge < -0.3 is 14.8 Å². The van der Waals surface area contributed by atoms with Crippen LogP contribution in [0.2, 0.25) is 0 Å². The van der Waals surface area contributed by atoms with Gasteiger partial charge in [0.05, 0.1) is 23.2 Å². The number of fused-ring (bicyclic) bond motifs is 3. The van der Waals surface area contributed by atoms with Crippen LogP contribution in [0.4, 0.5) is 5.69 Å². The number of hydrogen-bond acceptors (Lipinski definition) is 5. The average molecular weight is 379 g/mol. The van der Waals surface area contributed by atoms with Gasteiger partial charge in [-0.15, -0.1) is 11.3 Å². The first kappa shape index (κ1) is 17.3. The molecule has 27 heavy (non-hydrogen) atoms. The lowest BCUT2D eigenvalue weighted by Gasteiger charge is -2.19. The monoisotopic (exact) mass is 379 g/mol. The molecule has 0 spiro atoms. The van der Waals surface area contributed by atoms with Crippen LogP contribution in [0, 0.1) is 6.92 Å². The van der Waals surface area contributed by atoms with Crippen molar-refractivity contribution in [2.75, 3.05) is 12.4 Å². The number of esters is 1. The topological polar surface area (TPSA) is 64.6 Å². The molecule has 2 aromatic carbocycles. The smallest absolute Gasteiger partial charge is 0.339 e. The fourth-order valence-corrected chi connectivity index (χ4v) is 4.31.